The molecule has 1 aliphatic heterocycles. The van der Waals surface area contributed by atoms with E-state index in [1.165, 1.54) is 4.90 Å². The van der Waals surface area contributed by atoms with Crippen LogP contribution in [0, 0.1) is 5.92 Å². The average molecular weight is 259 g/mol. The molecule has 1 saturated carbocycles. The van der Waals surface area contributed by atoms with Crippen molar-refractivity contribution in [1.82, 2.24) is 4.90 Å². The lowest BCUT2D eigenvalue weighted by Crippen LogP contribution is -2.45. The maximum Gasteiger partial charge on any atom is 0.261 e. The highest BCUT2D eigenvalue weighted by Gasteiger charge is 2.41. The maximum absolute atomic E-state index is 12.3. The number of benzene rings is 1. The number of aliphatic hydroxyl groups excluding tert-OH is 1. The second kappa shape index (κ2) is 4.46. The molecule has 19 heavy (non-hydrogen) atoms. The predicted octanol–water partition coefficient (Wildman–Crippen LogP) is 1.83. The molecule has 1 fully saturated rings. The summed E-state index contributed by atoms with van der Waals surface area (Å²) in [6.45, 7) is 1.97. The van der Waals surface area contributed by atoms with Gasteiger partial charge in [-0.3, -0.25) is 14.5 Å². The quantitative estimate of drug-likeness (QED) is 0.783. The van der Waals surface area contributed by atoms with E-state index in [2.05, 4.69) is 0 Å². The number of hydrogen-bond donors (Lipinski definition) is 1. The van der Waals surface area contributed by atoms with Crippen LogP contribution in [0.2, 0.25) is 0 Å². The molecule has 3 rings (SSSR count). The Kier molecular flexibility index (Phi) is 2.90. The van der Waals surface area contributed by atoms with Crippen LogP contribution >= 0.6 is 0 Å². The fourth-order valence-corrected chi connectivity index (χ4v) is 3.13. The summed E-state index contributed by atoms with van der Waals surface area (Å²) >= 11 is 0. The number of rotatable bonds is 1. The highest BCUT2D eigenvalue weighted by atomic mass is 16.3. The Morgan fingerprint density at radius 2 is 1.68 bits per heavy atom. The monoisotopic (exact) mass is 259 g/mol. The van der Waals surface area contributed by atoms with Gasteiger partial charge in [-0.05, 0) is 37.3 Å². The summed E-state index contributed by atoms with van der Waals surface area (Å²) in [7, 11) is 0. The Labute approximate surface area is 112 Å². The van der Waals surface area contributed by atoms with Gasteiger partial charge in [-0.1, -0.05) is 19.1 Å². The smallest absolute Gasteiger partial charge is 0.261 e. The van der Waals surface area contributed by atoms with Gasteiger partial charge in [0.1, 0.15) is 0 Å². The maximum atomic E-state index is 12.3. The third kappa shape index (κ3) is 1.87. The van der Waals surface area contributed by atoms with Crippen molar-refractivity contribution in [3.05, 3.63) is 35.4 Å². The van der Waals surface area contributed by atoms with Crippen molar-refractivity contribution >= 4 is 11.8 Å². The summed E-state index contributed by atoms with van der Waals surface area (Å²) in [5.41, 5.74) is 1.01. The average Bonchev–Trinajstić information content (AvgIpc) is 2.66. The fourth-order valence-electron chi connectivity index (χ4n) is 3.13. The van der Waals surface area contributed by atoms with Gasteiger partial charge in [-0.2, -0.15) is 0 Å². The van der Waals surface area contributed by atoms with Crippen molar-refractivity contribution in [3.63, 3.8) is 0 Å². The molecular formula is C15H17NO3. The summed E-state index contributed by atoms with van der Waals surface area (Å²) in [6, 6.07) is 6.89. The number of imide groups is 1. The Morgan fingerprint density at radius 3 is 2.21 bits per heavy atom. The number of aliphatic hydroxyl groups is 1. The van der Waals surface area contributed by atoms with Crippen LogP contribution in [-0.2, 0) is 0 Å². The standard InChI is InChI=1S/C15H17NO3/c1-9-8-10(6-7-13(9)17)16-14(18)11-4-2-3-5-12(11)15(16)19/h2-5,9-10,13,17H,6-8H2,1H3/t9?,10-,13+/m0/s1. The Hall–Kier alpha value is -1.68. The minimum Gasteiger partial charge on any atom is -0.393 e. The molecule has 4 heteroatoms. The molecule has 4 nitrogen and oxygen atoms in total. The van der Waals surface area contributed by atoms with E-state index in [4.69, 9.17) is 0 Å². The zero-order valence-corrected chi connectivity index (χ0v) is 10.9. The molecule has 1 aromatic carbocycles. The highest BCUT2D eigenvalue weighted by Crippen LogP contribution is 2.33. The summed E-state index contributed by atoms with van der Waals surface area (Å²) < 4.78 is 0. The number of carbonyl (C=O) groups is 2. The van der Waals surface area contributed by atoms with E-state index in [0.29, 0.717) is 30.4 Å². The van der Waals surface area contributed by atoms with Crippen LogP contribution in [0.1, 0.15) is 46.9 Å². The molecule has 1 unspecified atom stereocenters. The molecule has 1 aliphatic carbocycles. The second-order valence-corrected chi connectivity index (χ2v) is 5.54. The molecule has 0 saturated heterocycles. The molecule has 2 aliphatic rings. The molecule has 0 aromatic heterocycles. The molecule has 0 bridgehead atoms. The van der Waals surface area contributed by atoms with Gasteiger partial charge in [0.25, 0.3) is 11.8 Å². The highest BCUT2D eigenvalue weighted by molar-refractivity contribution is 6.21. The van der Waals surface area contributed by atoms with Gasteiger partial charge >= 0.3 is 0 Å². The molecule has 3 atom stereocenters. The summed E-state index contributed by atoms with van der Waals surface area (Å²) in [4.78, 5) is 26.1. The lowest BCUT2D eigenvalue weighted by atomic mass is 9.84. The minimum atomic E-state index is -0.313. The van der Waals surface area contributed by atoms with E-state index in [1.54, 1.807) is 24.3 Å². The molecule has 2 amide bonds. The van der Waals surface area contributed by atoms with Gasteiger partial charge in [0.05, 0.1) is 17.2 Å². The molecule has 0 radical (unpaired) electrons. The number of amides is 2. The first-order valence-corrected chi connectivity index (χ1v) is 6.74. The summed E-state index contributed by atoms with van der Waals surface area (Å²) in [5, 5.41) is 9.76. The van der Waals surface area contributed by atoms with Crippen LogP contribution < -0.4 is 0 Å². The van der Waals surface area contributed by atoms with E-state index in [-0.39, 0.29) is 29.9 Å². The molecular weight excluding hydrogens is 242 g/mol. The third-order valence-electron chi connectivity index (χ3n) is 4.29. The van der Waals surface area contributed by atoms with Crippen molar-refractivity contribution in [2.75, 3.05) is 0 Å². The summed E-state index contributed by atoms with van der Waals surface area (Å²) in [5.74, 6) is -0.244. The molecule has 1 heterocycles. The number of hydrogen-bond acceptors (Lipinski definition) is 3. The largest absolute Gasteiger partial charge is 0.393 e. The first-order chi connectivity index (χ1) is 9.09. The van der Waals surface area contributed by atoms with Gasteiger partial charge in [0.15, 0.2) is 0 Å². The zero-order valence-electron chi connectivity index (χ0n) is 10.9. The van der Waals surface area contributed by atoms with Gasteiger partial charge in [0.2, 0.25) is 0 Å². The molecule has 0 spiro atoms. The molecule has 1 aromatic rings. The predicted molar refractivity (Wildman–Crippen MR) is 69.8 cm³/mol. The number of fused-ring (bicyclic) bond motifs is 1. The van der Waals surface area contributed by atoms with Crippen LogP contribution in [0.25, 0.3) is 0 Å². The van der Waals surface area contributed by atoms with Crippen LogP contribution in [0.15, 0.2) is 24.3 Å². The van der Waals surface area contributed by atoms with Crippen LogP contribution in [0.5, 0.6) is 0 Å². The summed E-state index contributed by atoms with van der Waals surface area (Å²) in [6.07, 6.45) is 1.72. The van der Waals surface area contributed by atoms with Gasteiger partial charge in [-0.25, -0.2) is 0 Å². The van der Waals surface area contributed by atoms with E-state index in [1.807, 2.05) is 6.92 Å². The molecule has 1 N–H and O–H groups in total. The lowest BCUT2D eigenvalue weighted by Gasteiger charge is -2.35. The normalized spacial score (nSPS) is 30.6. The fraction of sp³-hybridized carbons (Fsp3) is 0.467. The van der Waals surface area contributed by atoms with Gasteiger partial charge in [-0.15, -0.1) is 0 Å². The minimum absolute atomic E-state index is 0.0780. The van der Waals surface area contributed by atoms with E-state index in [9.17, 15) is 14.7 Å². The Morgan fingerprint density at radius 1 is 1.11 bits per heavy atom. The van der Waals surface area contributed by atoms with Crippen molar-refractivity contribution in [2.24, 2.45) is 5.92 Å². The van der Waals surface area contributed by atoms with E-state index in [0.717, 1.165) is 0 Å². The zero-order chi connectivity index (χ0) is 13.6. The SMILES string of the molecule is CC1C[C@@H](N2C(=O)c3ccccc3C2=O)CC[C@H]1O. The third-order valence-corrected chi connectivity index (χ3v) is 4.29. The topological polar surface area (TPSA) is 57.6 Å². The lowest BCUT2D eigenvalue weighted by molar-refractivity contribution is 0.0280. The Balaban J connectivity index is 1.88. The van der Waals surface area contributed by atoms with E-state index >= 15 is 0 Å². The number of carbonyl (C=O) groups excluding carboxylic acids is 2. The number of nitrogens with zero attached hydrogens (tertiary/aromatic N) is 1. The Bertz CT molecular complexity index is 505. The first-order valence-electron chi connectivity index (χ1n) is 6.74. The van der Waals surface area contributed by atoms with Gasteiger partial charge < -0.3 is 5.11 Å². The molecule has 100 valence electrons. The van der Waals surface area contributed by atoms with E-state index < -0.39 is 0 Å². The second-order valence-electron chi connectivity index (χ2n) is 5.54. The van der Waals surface area contributed by atoms with Crippen molar-refractivity contribution in [2.45, 2.75) is 38.3 Å². The van der Waals surface area contributed by atoms with Crippen molar-refractivity contribution in [1.29, 1.82) is 0 Å². The van der Waals surface area contributed by atoms with Crippen molar-refractivity contribution in [3.8, 4) is 0 Å². The van der Waals surface area contributed by atoms with Crippen molar-refractivity contribution < 1.29 is 14.7 Å². The van der Waals surface area contributed by atoms with Crippen LogP contribution in [0.3, 0.4) is 0 Å². The van der Waals surface area contributed by atoms with Gasteiger partial charge in [0, 0.05) is 6.04 Å². The van der Waals surface area contributed by atoms with Crippen LogP contribution in [0.4, 0.5) is 0 Å². The first kappa shape index (κ1) is 12.4. The van der Waals surface area contributed by atoms with Crippen LogP contribution in [-0.4, -0.2) is 34.0 Å².